The zero-order valence-electron chi connectivity index (χ0n) is 16.6. The molecule has 1 aromatic heterocycles. The Hall–Kier alpha value is -2.73. The van der Waals surface area contributed by atoms with Gasteiger partial charge in [-0.25, -0.2) is 0 Å². The van der Waals surface area contributed by atoms with E-state index >= 15 is 0 Å². The Morgan fingerprint density at radius 2 is 1.93 bits per heavy atom. The van der Waals surface area contributed by atoms with Gasteiger partial charge in [-0.15, -0.1) is 0 Å². The Morgan fingerprint density at radius 3 is 2.75 bits per heavy atom. The van der Waals surface area contributed by atoms with Crippen molar-refractivity contribution in [3.63, 3.8) is 0 Å². The van der Waals surface area contributed by atoms with Gasteiger partial charge in [0.05, 0.1) is 11.6 Å². The molecular formula is C25H27N3. The van der Waals surface area contributed by atoms with Gasteiger partial charge in [-0.1, -0.05) is 31.4 Å². The van der Waals surface area contributed by atoms with Crippen LogP contribution in [0.25, 0.3) is 22.0 Å². The van der Waals surface area contributed by atoms with Gasteiger partial charge in [-0.05, 0) is 67.5 Å². The number of aromatic nitrogens is 1. The van der Waals surface area contributed by atoms with Gasteiger partial charge in [-0.3, -0.25) is 0 Å². The summed E-state index contributed by atoms with van der Waals surface area (Å²) in [6.07, 6.45) is 11.2. The van der Waals surface area contributed by atoms with Crippen LogP contribution >= 0.6 is 0 Å². The first-order valence-electron chi connectivity index (χ1n) is 10.7. The van der Waals surface area contributed by atoms with Crippen molar-refractivity contribution in [1.29, 1.82) is 5.26 Å². The van der Waals surface area contributed by atoms with Gasteiger partial charge in [-0.2, -0.15) is 5.26 Å². The summed E-state index contributed by atoms with van der Waals surface area (Å²) >= 11 is 0. The van der Waals surface area contributed by atoms with Gasteiger partial charge >= 0.3 is 0 Å². The second-order valence-corrected chi connectivity index (χ2v) is 8.40. The number of benzene rings is 2. The van der Waals surface area contributed by atoms with E-state index in [1.165, 1.54) is 71.8 Å². The SMILES string of the molecule is Cc1cc2c(cc1C#N)c(-c1cccc3c1CCCN3)cn2C1CCCCC1. The molecule has 1 fully saturated rings. The van der Waals surface area contributed by atoms with Crippen LogP contribution in [0, 0.1) is 18.3 Å². The van der Waals surface area contributed by atoms with Crippen molar-refractivity contribution in [2.75, 3.05) is 11.9 Å². The van der Waals surface area contributed by atoms with E-state index in [1.54, 1.807) is 0 Å². The molecule has 0 saturated heterocycles. The molecule has 0 bridgehead atoms. The number of anilines is 1. The average Bonchev–Trinajstić information content (AvgIpc) is 3.11. The Balaban J connectivity index is 1.76. The summed E-state index contributed by atoms with van der Waals surface area (Å²) in [5.74, 6) is 0. The molecule has 2 aromatic carbocycles. The lowest BCUT2D eigenvalue weighted by atomic mass is 9.92. The smallest absolute Gasteiger partial charge is 0.0994 e. The van der Waals surface area contributed by atoms with E-state index in [0.29, 0.717) is 6.04 Å². The number of nitrogens with zero attached hydrogens (tertiary/aromatic N) is 2. The molecule has 1 aliphatic carbocycles. The van der Waals surface area contributed by atoms with Crippen LogP contribution in [0.5, 0.6) is 0 Å². The summed E-state index contributed by atoms with van der Waals surface area (Å²) in [6.45, 7) is 3.11. The Labute approximate surface area is 167 Å². The van der Waals surface area contributed by atoms with E-state index < -0.39 is 0 Å². The number of aryl methyl sites for hydroxylation is 1. The van der Waals surface area contributed by atoms with Crippen molar-refractivity contribution < 1.29 is 0 Å². The van der Waals surface area contributed by atoms with Crippen LogP contribution in [0.3, 0.4) is 0 Å². The highest BCUT2D eigenvalue weighted by molar-refractivity contribution is 5.99. The first kappa shape index (κ1) is 17.4. The monoisotopic (exact) mass is 369 g/mol. The van der Waals surface area contributed by atoms with E-state index in [4.69, 9.17) is 0 Å². The second-order valence-electron chi connectivity index (χ2n) is 8.40. The van der Waals surface area contributed by atoms with Crippen LogP contribution in [-0.4, -0.2) is 11.1 Å². The number of rotatable bonds is 2. The lowest BCUT2D eigenvalue weighted by Crippen LogP contribution is -2.12. The minimum Gasteiger partial charge on any atom is -0.385 e. The van der Waals surface area contributed by atoms with Crippen LogP contribution in [0.2, 0.25) is 0 Å². The van der Waals surface area contributed by atoms with Gasteiger partial charge in [0.15, 0.2) is 0 Å². The number of nitriles is 1. The predicted octanol–water partition coefficient (Wildman–Crippen LogP) is 6.35. The molecule has 0 radical (unpaired) electrons. The molecule has 2 aliphatic rings. The topological polar surface area (TPSA) is 40.8 Å². The highest BCUT2D eigenvalue weighted by Gasteiger charge is 2.22. The van der Waals surface area contributed by atoms with Gasteiger partial charge in [0, 0.05) is 40.9 Å². The third-order valence-electron chi connectivity index (χ3n) is 6.65. The molecule has 1 saturated carbocycles. The molecule has 0 atom stereocenters. The number of nitrogens with one attached hydrogen (secondary N) is 1. The van der Waals surface area contributed by atoms with Gasteiger partial charge in [0.1, 0.15) is 0 Å². The average molecular weight is 370 g/mol. The third-order valence-corrected chi connectivity index (χ3v) is 6.65. The van der Waals surface area contributed by atoms with E-state index in [-0.39, 0.29) is 0 Å². The fourth-order valence-electron chi connectivity index (χ4n) is 5.16. The molecule has 28 heavy (non-hydrogen) atoms. The van der Waals surface area contributed by atoms with Crippen molar-refractivity contribution in [2.45, 2.75) is 57.9 Å². The first-order chi connectivity index (χ1) is 13.8. The molecule has 0 amide bonds. The number of hydrogen-bond donors (Lipinski definition) is 1. The number of fused-ring (bicyclic) bond motifs is 2. The van der Waals surface area contributed by atoms with Crippen LogP contribution in [-0.2, 0) is 6.42 Å². The maximum Gasteiger partial charge on any atom is 0.0994 e. The highest BCUT2D eigenvalue weighted by Crippen LogP contribution is 2.41. The fraction of sp³-hybridized carbons (Fsp3) is 0.400. The summed E-state index contributed by atoms with van der Waals surface area (Å²) in [5.41, 5.74) is 8.48. The maximum atomic E-state index is 9.62. The molecule has 1 aliphatic heterocycles. The summed E-state index contributed by atoms with van der Waals surface area (Å²) in [5, 5.41) is 14.4. The van der Waals surface area contributed by atoms with Gasteiger partial charge in [0.2, 0.25) is 0 Å². The van der Waals surface area contributed by atoms with Crippen LogP contribution in [0.15, 0.2) is 36.5 Å². The molecule has 3 nitrogen and oxygen atoms in total. The Kier molecular flexibility index (Phi) is 4.36. The predicted molar refractivity (Wildman–Crippen MR) is 116 cm³/mol. The fourth-order valence-corrected chi connectivity index (χ4v) is 5.16. The van der Waals surface area contributed by atoms with Crippen molar-refractivity contribution >= 4 is 16.6 Å². The summed E-state index contributed by atoms with van der Waals surface area (Å²) in [4.78, 5) is 0. The molecule has 0 unspecified atom stereocenters. The van der Waals surface area contributed by atoms with Crippen molar-refractivity contribution in [1.82, 2.24) is 4.57 Å². The molecule has 3 aromatic rings. The molecule has 3 heteroatoms. The lowest BCUT2D eigenvalue weighted by Gasteiger charge is -2.24. The maximum absolute atomic E-state index is 9.62. The van der Waals surface area contributed by atoms with Gasteiger partial charge in [0.25, 0.3) is 0 Å². The van der Waals surface area contributed by atoms with Gasteiger partial charge < -0.3 is 9.88 Å². The molecule has 2 heterocycles. The third kappa shape index (κ3) is 2.79. The first-order valence-corrected chi connectivity index (χ1v) is 10.7. The second kappa shape index (κ2) is 7.02. The molecule has 0 spiro atoms. The van der Waals surface area contributed by atoms with E-state index in [0.717, 1.165) is 24.1 Å². The van der Waals surface area contributed by atoms with Crippen molar-refractivity contribution in [3.8, 4) is 17.2 Å². The Bertz CT molecular complexity index is 1080. The summed E-state index contributed by atoms with van der Waals surface area (Å²) in [6, 6.07) is 14.0. The minimum atomic E-state index is 0.579. The van der Waals surface area contributed by atoms with E-state index in [1.807, 2.05) is 0 Å². The Morgan fingerprint density at radius 1 is 1.07 bits per heavy atom. The quantitative estimate of drug-likeness (QED) is 0.571. The summed E-state index contributed by atoms with van der Waals surface area (Å²) < 4.78 is 2.52. The van der Waals surface area contributed by atoms with Crippen LogP contribution in [0.4, 0.5) is 5.69 Å². The van der Waals surface area contributed by atoms with Crippen molar-refractivity contribution in [3.05, 3.63) is 53.2 Å². The minimum absolute atomic E-state index is 0.579. The molecule has 5 rings (SSSR count). The normalized spacial score (nSPS) is 17.1. The lowest BCUT2D eigenvalue weighted by molar-refractivity contribution is 0.361. The van der Waals surface area contributed by atoms with Crippen LogP contribution < -0.4 is 5.32 Å². The van der Waals surface area contributed by atoms with E-state index in [9.17, 15) is 5.26 Å². The number of hydrogen-bond acceptors (Lipinski definition) is 2. The molecule has 142 valence electrons. The van der Waals surface area contributed by atoms with Crippen LogP contribution in [0.1, 0.15) is 61.3 Å². The van der Waals surface area contributed by atoms with E-state index in [2.05, 4.69) is 59.4 Å². The highest BCUT2D eigenvalue weighted by atomic mass is 15.0. The molecular weight excluding hydrogens is 342 g/mol. The largest absolute Gasteiger partial charge is 0.385 e. The molecule has 1 N–H and O–H groups in total. The van der Waals surface area contributed by atoms with Crippen molar-refractivity contribution in [2.24, 2.45) is 0 Å². The standard InChI is InChI=1S/C25H27N3/c1-17-13-25-22(14-18(17)15-26)23(16-28(25)19-7-3-2-4-8-19)20-9-5-11-24-21(20)10-6-12-27-24/h5,9,11,13-14,16,19,27H,2-4,6-8,10,12H2,1H3. The zero-order chi connectivity index (χ0) is 19.1. The zero-order valence-corrected chi connectivity index (χ0v) is 16.6. The summed E-state index contributed by atoms with van der Waals surface area (Å²) in [7, 11) is 0.